The molecule has 3 nitrogen and oxygen atoms in total. The van der Waals surface area contributed by atoms with Crippen LogP contribution in [0.15, 0.2) is 42.0 Å². The molecule has 18 heavy (non-hydrogen) atoms. The summed E-state index contributed by atoms with van der Waals surface area (Å²) >= 11 is 1.51. The van der Waals surface area contributed by atoms with Crippen LogP contribution in [-0.2, 0) is 6.54 Å². The van der Waals surface area contributed by atoms with Crippen LogP contribution in [0.2, 0.25) is 0 Å². The Kier molecular flexibility index (Phi) is 3.02. The van der Waals surface area contributed by atoms with Crippen LogP contribution >= 0.6 is 11.3 Å². The molecule has 0 amide bonds. The van der Waals surface area contributed by atoms with Gasteiger partial charge in [-0.3, -0.25) is 0 Å². The van der Waals surface area contributed by atoms with E-state index in [0.717, 1.165) is 24.1 Å². The number of ether oxygens (including phenoxy) is 1. The lowest BCUT2D eigenvalue weighted by atomic mass is 10.2. The molecule has 0 fully saturated rings. The van der Waals surface area contributed by atoms with Crippen molar-refractivity contribution in [2.75, 3.05) is 0 Å². The zero-order valence-electron chi connectivity index (χ0n) is 10.2. The molecule has 0 saturated heterocycles. The van der Waals surface area contributed by atoms with E-state index < -0.39 is 0 Å². The Morgan fingerprint density at radius 3 is 3.00 bits per heavy atom. The summed E-state index contributed by atoms with van der Waals surface area (Å²) < 4.78 is 8.08. The van der Waals surface area contributed by atoms with Gasteiger partial charge in [-0.05, 0) is 18.6 Å². The zero-order valence-corrected chi connectivity index (χ0v) is 11.0. The fourth-order valence-electron chi connectivity index (χ4n) is 2.08. The van der Waals surface area contributed by atoms with Crippen LogP contribution in [0.25, 0.3) is 10.9 Å². The lowest BCUT2D eigenvalue weighted by Gasteiger charge is -2.00. The molecule has 92 valence electrons. The summed E-state index contributed by atoms with van der Waals surface area (Å²) in [4.78, 5) is 4.16. The maximum absolute atomic E-state index is 5.85. The third kappa shape index (κ3) is 1.99. The number of benzene rings is 1. The summed E-state index contributed by atoms with van der Waals surface area (Å²) in [5.74, 6) is 0.883. The minimum Gasteiger partial charge on any atom is -0.429 e. The van der Waals surface area contributed by atoms with E-state index >= 15 is 0 Å². The van der Waals surface area contributed by atoms with Crippen molar-refractivity contribution in [3.05, 3.63) is 42.0 Å². The van der Waals surface area contributed by atoms with E-state index in [2.05, 4.69) is 40.9 Å². The molecule has 3 aromatic rings. The van der Waals surface area contributed by atoms with Crippen LogP contribution in [0.1, 0.15) is 13.3 Å². The van der Waals surface area contributed by atoms with Gasteiger partial charge in [-0.1, -0.05) is 30.4 Å². The summed E-state index contributed by atoms with van der Waals surface area (Å²) in [6.07, 6.45) is 4.93. The maximum Gasteiger partial charge on any atom is 0.278 e. The molecule has 0 atom stereocenters. The highest BCUT2D eigenvalue weighted by molar-refractivity contribution is 7.11. The SMILES string of the molecule is CCCn1cc(Oc2nccs2)c2ccccc21. The van der Waals surface area contributed by atoms with Crippen molar-refractivity contribution < 1.29 is 4.74 Å². The molecular weight excluding hydrogens is 244 g/mol. The summed E-state index contributed by atoms with van der Waals surface area (Å²) in [7, 11) is 0. The van der Waals surface area contributed by atoms with E-state index in [9.17, 15) is 0 Å². The summed E-state index contributed by atoms with van der Waals surface area (Å²) in [6, 6.07) is 8.30. The molecule has 0 aliphatic rings. The van der Waals surface area contributed by atoms with E-state index in [1.807, 2.05) is 11.4 Å². The topological polar surface area (TPSA) is 27.1 Å². The van der Waals surface area contributed by atoms with Gasteiger partial charge in [0.2, 0.25) is 0 Å². The van der Waals surface area contributed by atoms with Crippen LogP contribution < -0.4 is 4.74 Å². The van der Waals surface area contributed by atoms with E-state index in [1.54, 1.807) is 6.20 Å². The molecule has 0 aliphatic carbocycles. The fourth-order valence-corrected chi connectivity index (χ4v) is 2.57. The first-order valence-corrected chi connectivity index (χ1v) is 6.91. The van der Waals surface area contributed by atoms with Crippen molar-refractivity contribution >= 4 is 22.2 Å². The van der Waals surface area contributed by atoms with Crippen LogP contribution in [0, 0.1) is 0 Å². The predicted octanol–water partition coefficient (Wildman–Crippen LogP) is 4.30. The van der Waals surface area contributed by atoms with Gasteiger partial charge in [0.25, 0.3) is 5.19 Å². The molecule has 0 unspecified atom stereocenters. The van der Waals surface area contributed by atoms with Crippen molar-refractivity contribution in [2.24, 2.45) is 0 Å². The molecule has 0 aliphatic heterocycles. The van der Waals surface area contributed by atoms with Crippen LogP contribution in [-0.4, -0.2) is 9.55 Å². The van der Waals surface area contributed by atoms with Gasteiger partial charge in [0.05, 0.1) is 5.52 Å². The Morgan fingerprint density at radius 2 is 2.22 bits per heavy atom. The molecule has 0 spiro atoms. The molecule has 2 heterocycles. The minimum absolute atomic E-state index is 0.689. The second-order valence-electron chi connectivity index (χ2n) is 4.10. The number of thiazole rings is 1. The van der Waals surface area contributed by atoms with Crippen molar-refractivity contribution in [3.8, 4) is 10.9 Å². The average molecular weight is 258 g/mol. The molecule has 4 heteroatoms. The van der Waals surface area contributed by atoms with E-state index in [-0.39, 0.29) is 0 Å². The molecule has 0 bridgehead atoms. The number of nitrogens with zero attached hydrogens (tertiary/aromatic N) is 2. The first kappa shape index (κ1) is 11.3. The number of aromatic nitrogens is 2. The lowest BCUT2D eigenvalue weighted by molar-refractivity contribution is 0.481. The highest BCUT2D eigenvalue weighted by Crippen LogP contribution is 2.32. The molecular formula is C14H14N2OS. The molecule has 0 radical (unpaired) electrons. The predicted molar refractivity (Wildman–Crippen MR) is 74.4 cm³/mol. The Bertz CT molecular complexity index is 643. The maximum atomic E-state index is 5.85. The second kappa shape index (κ2) is 4.82. The van der Waals surface area contributed by atoms with Crippen molar-refractivity contribution in [1.82, 2.24) is 9.55 Å². The number of hydrogen-bond acceptors (Lipinski definition) is 3. The van der Waals surface area contributed by atoms with Gasteiger partial charge in [0, 0.05) is 29.7 Å². The van der Waals surface area contributed by atoms with Crippen molar-refractivity contribution in [1.29, 1.82) is 0 Å². The third-order valence-corrected chi connectivity index (χ3v) is 3.47. The number of para-hydroxylation sites is 1. The number of rotatable bonds is 4. The molecule has 0 saturated carbocycles. The first-order valence-electron chi connectivity index (χ1n) is 6.03. The zero-order chi connectivity index (χ0) is 12.4. The molecule has 0 N–H and O–H groups in total. The summed E-state index contributed by atoms with van der Waals surface area (Å²) in [5, 5.41) is 3.75. The molecule has 3 rings (SSSR count). The Morgan fingerprint density at radius 1 is 1.33 bits per heavy atom. The van der Waals surface area contributed by atoms with Crippen LogP contribution in [0.4, 0.5) is 0 Å². The standard InChI is InChI=1S/C14H14N2OS/c1-2-8-16-10-13(17-14-15-7-9-18-14)11-5-3-4-6-12(11)16/h3-7,9-10H,2,8H2,1H3. The lowest BCUT2D eigenvalue weighted by Crippen LogP contribution is -1.93. The fraction of sp³-hybridized carbons (Fsp3) is 0.214. The van der Waals surface area contributed by atoms with Crippen LogP contribution in [0.5, 0.6) is 10.9 Å². The number of hydrogen-bond donors (Lipinski definition) is 0. The first-order chi connectivity index (χ1) is 8.88. The second-order valence-corrected chi connectivity index (χ2v) is 4.96. The van der Waals surface area contributed by atoms with Gasteiger partial charge in [0.15, 0.2) is 5.75 Å². The Labute approximate surface area is 110 Å². The average Bonchev–Trinajstić information content (AvgIpc) is 3.00. The van der Waals surface area contributed by atoms with E-state index in [1.165, 1.54) is 16.9 Å². The Hall–Kier alpha value is -1.81. The van der Waals surface area contributed by atoms with Gasteiger partial charge in [0.1, 0.15) is 0 Å². The highest BCUT2D eigenvalue weighted by Gasteiger charge is 2.10. The Balaban J connectivity index is 2.05. The quantitative estimate of drug-likeness (QED) is 0.697. The van der Waals surface area contributed by atoms with Crippen molar-refractivity contribution in [2.45, 2.75) is 19.9 Å². The smallest absolute Gasteiger partial charge is 0.278 e. The summed E-state index contributed by atoms with van der Waals surface area (Å²) in [5.41, 5.74) is 1.21. The van der Waals surface area contributed by atoms with Gasteiger partial charge < -0.3 is 9.30 Å². The van der Waals surface area contributed by atoms with Gasteiger partial charge >= 0.3 is 0 Å². The minimum atomic E-state index is 0.689. The van der Waals surface area contributed by atoms with Gasteiger partial charge in [-0.2, -0.15) is 0 Å². The largest absolute Gasteiger partial charge is 0.429 e. The monoisotopic (exact) mass is 258 g/mol. The van der Waals surface area contributed by atoms with E-state index in [0.29, 0.717) is 5.19 Å². The number of fused-ring (bicyclic) bond motifs is 1. The summed E-state index contributed by atoms with van der Waals surface area (Å²) in [6.45, 7) is 3.18. The molecule has 1 aromatic carbocycles. The van der Waals surface area contributed by atoms with Crippen LogP contribution in [0.3, 0.4) is 0 Å². The highest BCUT2D eigenvalue weighted by atomic mass is 32.1. The van der Waals surface area contributed by atoms with Gasteiger partial charge in [-0.25, -0.2) is 4.98 Å². The normalized spacial score (nSPS) is 10.9. The van der Waals surface area contributed by atoms with E-state index in [4.69, 9.17) is 4.74 Å². The number of aryl methyl sites for hydroxylation is 1. The third-order valence-electron chi connectivity index (χ3n) is 2.82. The van der Waals surface area contributed by atoms with Gasteiger partial charge in [-0.15, -0.1) is 0 Å². The van der Waals surface area contributed by atoms with Crippen molar-refractivity contribution in [3.63, 3.8) is 0 Å². The molecule has 2 aromatic heterocycles.